The number of aryl methyl sites for hydroxylation is 1. The molecule has 0 fully saturated rings. The van der Waals surface area contributed by atoms with Gasteiger partial charge in [-0.15, -0.1) is 0 Å². The van der Waals surface area contributed by atoms with Crippen LogP contribution in [0.3, 0.4) is 0 Å². The molecule has 2 rings (SSSR count). The minimum absolute atomic E-state index is 0.0368. The van der Waals surface area contributed by atoms with Gasteiger partial charge in [0.05, 0.1) is 5.69 Å². The van der Waals surface area contributed by atoms with E-state index in [1.807, 2.05) is 0 Å². The molecule has 2 aromatic rings. The van der Waals surface area contributed by atoms with E-state index in [0.717, 1.165) is 10.9 Å². The highest BCUT2D eigenvalue weighted by atomic mass is 19.4. The average Bonchev–Trinajstić information content (AvgIpc) is 2.82. The first kappa shape index (κ1) is 12.6. The topological polar surface area (TPSA) is 69.9 Å². The predicted molar refractivity (Wildman–Crippen MR) is 51.6 cm³/mol. The first-order valence-electron chi connectivity index (χ1n) is 4.79. The zero-order chi connectivity index (χ0) is 13.5. The average molecular weight is 264 g/mol. The molecular weight excluding hydrogens is 256 g/mol. The maximum atomic E-state index is 13.7. The minimum Gasteiger partial charge on any atom is -0.443 e. The number of oxazole rings is 1. The Morgan fingerprint density at radius 2 is 2.11 bits per heavy atom. The van der Waals surface area contributed by atoms with Gasteiger partial charge in [0.1, 0.15) is 6.26 Å². The molecule has 0 saturated heterocycles. The Bertz CT molecular complexity index is 572. The van der Waals surface area contributed by atoms with Crippen molar-refractivity contribution in [3.05, 3.63) is 23.5 Å². The van der Waals surface area contributed by atoms with Gasteiger partial charge in [0, 0.05) is 13.6 Å². The van der Waals surface area contributed by atoms with E-state index in [4.69, 9.17) is 10.2 Å². The van der Waals surface area contributed by atoms with Gasteiger partial charge in [0.25, 0.3) is 0 Å². The normalized spacial score (nSPS) is 12.1. The smallest absolute Gasteiger partial charge is 0.438 e. The molecule has 18 heavy (non-hydrogen) atoms. The number of rotatable bonds is 2. The summed E-state index contributed by atoms with van der Waals surface area (Å²) in [5, 5.41) is 3.08. The van der Waals surface area contributed by atoms with Gasteiger partial charge in [-0.1, -0.05) is 0 Å². The zero-order valence-electron chi connectivity index (χ0n) is 9.12. The molecule has 0 aliphatic carbocycles. The van der Waals surface area contributed by atoms with Gasteiger partial charge < -0.3 is 10.2 Å². The molecule has 0 spiro atoms. The lowest BCUT2D eigenvalue weighted by Crippen LogP contribution is -2.08. The van der Waals surface area contributed by atoms with E-state index in [2.05, 4.69) is 10.1 Å². The maximum absolute atomic E-state index is 13.7. The van der Waals surface area contributed by atoms with Crippen LogP contribution in [0.25, 0.3) is 11.6 Å². The monoisotopic (exact) mass is 264 g/mol. The highest BCUT2D eigenvalue weighted by Gasteiger charge is 2.40. The molecule has 9 heteroatoms. The molecule has 0 aliphatic heterocycles. The Balaban J connectivity index is 2.55. The largest absolute Gasteiger partial charge is 0.443 e. The van der Waals surface area contributed by atoms with Crippen LogP contribution in [0.4, 0.5) is 17.6 Å². The van der Waals surface area contributed by atoms with Crippen molar-refractivity contribution in [3.63, 3.8) is 0 Å². The van der Waals surface area contributed by atoms with Crippen molar-refractivity contribution in [2.24, 2.45) is 12.8 Å². The van der Waals surface area contributed by atoms with E-state index in [9.17, 15) is 17.6 Å². The molecule has 0 aromatic carbocycles. The molecule has 0 unspecified atom stereocenters. The van der Waals surface area contributed by atoms with Crippen LogP contribution >= 0.6 is 0 Å². The summed E-state index contributed by atoms with van der Waals surface area (Å²) in [5.74, 6) is -1.81. The van der Waals surface area contributed by atoms with E-state index in [-0.39, 0.29) is 12.4 Å². The van der Waals surface area contributed by atoms with Crippen molar-refractivity contribution >= 4 is 0 Å². The minimum atomic E-state index is -4.87. The molecule has 2 N–H and O–H groups in total. The van der Waals surface area contributed by atoms with E-state index >= 15 is 0 Å². The fourth-order valence-electron chi connectivity index (χ4n) is 1.42. The first-order chi connectivity index (χ1) is 8.34. The van der Waals surface area contributed by atoms with Crippen molar-refractivity contribution in [2.75, 3.05) is 0 Å². The quantitative estimate of drug-likeness (QED) is 0.838. The van der Waals surface area contributed by atoms with Gasteiger partial charge in [-0.25, -0.2) is 9.37 Å². The molecule has 5 nitrogen and oxygen atoms in total. The Kier molecular flexibility index (Phi) is 2.85. The van der Waals surface area contributed by atoms with Crippen molar-refractivity contribution in [3.8, 4) is 11.6 Å². The second-order valence-corrected chi connectivity index (χ2v) is 3.48. The number of hydrogen-bond acceptors (Lipinski definition) is 4. The van der Waals surface area contributed by atoms with Crippen LogP contribution in [0, 0.1) is 5.82 Å². The van der Waals surface area contributed by atoms with Crippen LogP contribution in [0.5, 0.6) is 0 Å². The van der Waals surface area contributed by atoms with Gasteiger partial charge in [0.2, 0.25) is 11.6 Å². The van der Waals surface area contributed by atoms with Crippen LogP contribution in [0.15, 0.2) is 10.7 Å². The van der Waals surface area contributed by atoms with Gasteiger partial charge in [-0.05, 0) is 0 Å². The Morgan fingerprint density at radius 3 is 2.56 bits per heavy atom. The first-order valence-corrected chi connectivity index (χ1v) is 4.79. The summed E-state index contributed by atoms with van der Waals surface area (Å²) >= 11 is 0. The highest BCUT2D eigenvalue weighted by Crippen LogP contribution is 2.34. The molecule has 98 valence electrons. The summed E-state index contributed by atoms with van der Waals surface area (Å²) in [6, 6.07) is 0. The van der Waals surface area contributed by atoms with Crippen LogP contribution in [0.1, 0.15) is 11.4 Å². The van der Waals surface area contributed by atoms with E-state index in [1.165, 1.54) is 7.05 Å². The molecule has 2 heterocycles. The van der Waals surface area contributed by atoms with Crippen LogP contribution < -0.4 is 5.73 Å². The third-order valence-electron chi connectivity index (χ3n) is 2.22. The van der Waals surface area contributed by atoms with Gasteiger partial charge in [0.15, 0.2) is 11.5 Å². The second kappa shape index (κ2) is 4.09. The SMILES string of the molecule is Cn1nc(C(F)(F)F)c(F)c1-c1nc(CN)co1. The lowest BCUT2D eigenvalue weighted by atomic mass is 10.3. The summed E-state index contributed by atoms with van der Waals surface area (Å²) in [7, 11) is 1.17. The number of nitrogens with two attached hydrogens (primary N) is 1. The van der Waals surface area contributed by atoms with E-state index < -0.39 is 23.4 Å². The number of hydrogen-bond donors (Lipinski definition) is 1. The fourth-order valence-corrected chi connectivity index (χ4v) is 1.42. The van der Waals surface area contributed by atoms with Gasteiger partial charge in [-0.2, -0.15) is 18.3 Å². The molecule has 0 bridgehead atoms. The highest BCUT2D eigenvalue weighted by molar-refractivity contribution is 5.50. The molecule has 0 radical (unpaired) electrons. The Hall–Kier alpha value is -1.90. The number of alkyl halides is 3. The number of nitrogens with zero attached hydrogens (tertiary/aromatic N) is 3. The van der Waals surface area contributed by atoms with Crippen LogP contribution in [-0.4, -0.2) is 14.8 Å². The molecule has 0 aliphatic rings. The zero-order valence-corrected chi connectivity index (χ0v) is 9.12. The molecular formula is C9H8F4N4O. The molecule has 0 atom stereocenters. The molecule has 2 aromatic heterocycles. The number of aromatic nitrogens is 3. The van der Waals surface area contributed by atoms with E-state index in [1.54, 1.807) is 0 Å². The summed E-state index contributed by atoms with van der Waals surface area (Å²) in [6.07, 6.45) is -3.72. The van der Waals surface area contributed by atoms with E-state index in [0.29, 0.717) is 5.69 Å². The summed E-state index contributed by atoms with van der Waals surface area (Å²) in [4.78, 5) is 3.76. The van der Waals surface area contributed by atoms with Crippen molar-refractivity contribution in [1.29, 1.82) is 0 Å². The third-order valence-corrected chi connectivity index (χ3v) is 2.22. The summed E-state index contributed by atoms with van der Waals surface area (Å²) < 4.78 is 56.6. The molecule has 0 amide bonds. The van der Waals surface area contributed by atoms with Crippen molar-refractivity contribution in [2.45, 2.75) is 12.7 Å². The van der Waals surface area contributed by atoms with Crippen molar-refractivity contribution in [1.82, 2.24) is 14.8 Å². The summed E-state index contributed by atoms with van der Waals surface area (Å²) in [5.41, 5.74) is 3.50. The summed E-state index contributed by atoms with van der Waals surface area (Å²) in [6.45, 7) is 0.0368. The maximum Gasteiger partial charge on any atom is 0.438 e. The Morgan fingerprint density at radius 1 is 1.44 bits per heavy atom. The second-order valence-electron chi connectivity index (χ2n) is 3.48. The number of halogens is 4. The lowest BCUT2D eigenvalue weighted by Gasteiger charge is -2.00. The third kappa shape index (κ3) is 1.96. The molecule has 0 saturated carbocycles. The predicted octanol–water partition coefficient (Wildman–Crippen LogP) is 1.69. The van der Waals surface area contributed by atoms with Crippen molar-refractivity contribution < 1.29 is 22.0 Å². The van der Waals surface area contributed by atoms with Gasteiger partial charge in [-0.3, -0.25) is 4.68 Å². The standard InChI is InChI=1S/C9H8F4N4O/c1-17-6(8-15-4(2-14)3-18-8)5(10)7(16-17)9(11,12)13/h3H,2,14H2,1H3. The van der Waals surface area contributed by atoms with Gasteiger partial charge >= 0.3 is 6.18 Å². The fraction of sp³-hybridized carbons (Fsp3) is 0.333. The van der Waals surface area contributed by atoms with Crippen LogP contribution in [0.2, 0.25) is 0 Å². The lowest BCUT2D eigenvalue weighted by molar-refractivity contribution is -0.143. The van der Waals surface area contributed by atoms with Crippen LogP contribution in [-0.2, 0) is 19.8 Å². The Labute approximate surface area is 98.2 Å².